The summed E-state index contributed by atoms with van der Waals surface area (Å²) < 4.78 is 26.5. The van der Waals surface area contributed by atoms with Crippen LogP contribution in [-0.4, -0.2) is 11.0 Å². The molecule has 1 aromatic carbocycles. The predicted octanol–water partition coefficient (Wildman–Crippen LogP) is 3.94. The molecule has 3 rings (SSSR count). The Morgan fingerprint density at radius 2 is 2.00 bits per heavy atom. The van der Waals surface area contributed by atoms with E-state index in [1.165, 1.54) is 16.2 Å². The molecule has 0 unspecified atom stereocenters. The summed E-state index contributed by atoms with van der Waals surface area (Å²) in [5.41, 5.74) is 0.826. The largest absolute Gasteiger partial charge is 0.325 e. The maximum atomic E-state index is 13.4. The van der Waals surface area contributed by atoms with Gasteiger partial charge in [-0.05, 0) is 37.8 Å². The average Bonchev–Trinajstić information content (AvgIpc) is 2.84. The topological polar surface area (TPSA) is 54.0 Å². The summed E-state index contributed by atoms with van der Waals surface area (Å²) in [6.45, 7) is 0. The molecule has 2 N–H and O–H groups in total. The van der Waals surface area contributed by atoms with Crippen LogP contribution in [0.1, 0.15) is 23.4 Å². The van der Waals surface area contributed by atoms with Gasteiger partial charge in [-0.1, -0.05) is 0 Å². The summed E-state index contributed by atoms with van der Waals surface area (Å²) in [5.74, 6) is -1.30. The molecule has 2 amide bonds. The van der Waals surface area contributed by atoms with Gasteiger partial charge in [-0.3, -0.25) is 5.32 Å². The van der Waals surface area contributed by atoms with Crippen LogP contribution in [-0.2, 0) is 12.8 Å². The van der Waals surface area contributed by atoms with Crippen molar-refractivity contribution in [1.82, 2.24) is 4.98 Å². The predicted molar refractivity (Wildman–Crippen MR) is 77.8 cm³/mol. The lowest BCUT2D eigenvalue weighted by Gasteiger charge is -2.06. The number of fused-ring (bicyclic) bond motifs is 1. The molecule has 0 aliphatic heterocycles. The Morgan fingerprint density at radius 3 is 2.81 bits per heavy atom. The number of aryl methyl sites for hydroxylation is 2. The van der Waals surface area contributed by atoms with Gasteiger partial charge >= 0.3 is 6.03 Å². The molecule has 0 radical (unpaired) electrons. The highest BCUT2D eigenvalue weighted by atomic mass is 32.1. The van der Waals surface area contributed by atoms with Crippen molar-refractivity contribution >= 4 is 28.2 Å². The number of benzene rings is 1. The van der Waals surface area contributed by atoms with E-state index < -0.39 is 17.7 Å². The van der Waals surface area contributed by atoms with Gasteiger partial charge in [-0.2, -0.15) is 0 Å². The molecule has 0 saturated carbocycles. The fraction of sp³-hybridized carbons (Fsp3) is 0.286. The maximum Gasteiger partial charge on any atom is 0.325 e. The van der Waals surface area contributed by atoms with Crippen LogP contribution in [0.5, 0.6) is 0 Å². The molecule has 21 heavy (non-hydrogen) atoms. The van der Waals surface area contributed by atoms with E-state index in [0.29, 0.717) is 5.13 Å². The Morgan fingerprint density at radius 1 is 1.19 bits per heavy atom. The first-order valence-electron chi connectivity index (χ1n) is 6.63. The molecule has 0 bridgehead atoms. The van der Waals surface area contributed by atoms with E-state index in [2.05, 4.69) is 15.6 Å². The number of carbonyl (C=O) groups is 1. The van der Waals surface area contributed by atoms with Crippen LogP contribution in [0.2, 0.25) is 0 Å². The summed E-state index contributed by atoms with van der Waals surface area (Å²) in [4.78, 5) is 17.4. The molecule has 2 aromatic rings. The molecule has 0 fully saturated rings. The third-order valence-electron chi connectivity index (χ3n) is 3.24. The highest BCUT2D eigenvalue weighted by molar-refractivity contribution is 7.15. The van der Waals surface area contributed by atoms with Crippen LogP contribution in [0.4, 0.5) is 24.4 Å². The third-order valence-corrected chi connectivity index (χ3v) is 4.32. The molecule has 0 saturated heterocycles. The van der Waals surface area contributed by atoms with Crippen LogP contribution >= 0.6 is 11.3 Å². The van der Waals surface area contributed by atoms with Gasteiger partial charge in [0.2, 0.25) is 0 Å². The summed E-state index contributed by atoms with van der Waals surface area (Å²) in [5, 5.41) is 5.33. The summed E-state index contributed by atoms with van der Waals surface area (Å²) in [6, 6.07) is 2.26. The average molecular weight is 309 g/mol. The zero-order valence-electron chi connectivity index (χ0n) is 11.1. The van der Waals surface area contributed by atoms with Crippen molar-refractivity contribution < 1.29 is 13.6 Å². The summed E-state index contributed by atoms with van der Waals surface area (Å²) in [7, 11) is 0. The molecule has 110 valence electrons. The standard InChI is InChI=1S/C14H13F2N3OS/c15-8-5-6-9(16)11(7-8)17-13(20)19-14-18-10-3-1-2-4-12(10)21-14/h5-7H,1-4H2,(H2,17,18,19,20). The molecule has 7 heteroatoms. The van der Waals surface area contributed by atoms with Crippen molar-refractivity contribution in [2.24, 2.45) is 0 Å². The molecule has 1 aromatic heterocycles. The minimum Gasteiger partial charge on any atom is -0.305 e. The molecule has 1 aliphatic rings. The van der Waals surface area contributed by atoms with E-state index in [1.807, 2.05) is 0 Å². The Kier molecular flexibility index (Phi) is 3.83. The van der Waals surface area contributed by atoms with Crippen LogP contribution < -0.4 is 10.6 Å². The van der Waals surface area contributed by atoms with Gasteiger partial charge in [0.15, 0.2) is 5.13 Å². The van der Waals surface area contributed by atoms with E-state index in [9.17, 15) is 13.6 Å². The fourth-order valence-corrected chi connectivity index (χ4v) is 3.29. The second kappa shape index (κ2) is 5.77. The molecule has 0 spiro atoms. The summed E-state index contributed by atoms with van der Waals surface area (Å²) >= 11 is 1.43. The fourth-order valence-electron chi connectivity index (χ4n) is 2.25. The number of aromatic nitrogens is 1. The number of thiazole rings is 1. The molecular formula is C14H13F2N3OS. The van der Waals surface area contributed by atoms with Crippen molar-refractivity contribution in [2.75, 3.05) is 10.6 Å². The van der Waals surface area contributed by atoms with Crippen molar-refractivity contribution in [2.45, 2.75) is 25.7 Å². The Balaban J connectivity index is 1.69. The zero-order chi connectivity index (χ0) is 14.8. The van der Waals surface area contributed by atoms with Crippen molar-refractivity contribution in [3.63, 3.8) is 0 Å². The van der Waals surface area contributed by atoms with Crippen molar-refractivity contribution in [1.29, 1.82) is 0 Å². The quantitative estimate of drug-likeness (QED) is 0.882. The SMILES string of the molecule is O=C(Nc1nc2c(s1)CCCC2)Nc1cc(F)ccc1F. The van der Waals surface area contributed by atoms with Crippen molar-refractivity contribution in [3.05, 3.63) is 40.4 Å². The van der Waals surface area contributed by atoms with Gasteiger partial charge in [0.25, 0.3) is 0 Å². The Hall–Kier alpha value is -2.02. The lowest BCUT2D eigenvalue weighted by Crippen LogP contribution is -2.20. The van der Waals surface area contributed by atoms with Gasteiger partial charge in [0.05, 0.1) is 11.4 Å². The molecule has 0 atom stereocenters. The maximum absolute atomic E-state index is 13.4. The first-order chi connectivity index (χ1) is 10.1. The van der Waals surface area contributed by atoms with E-state index >= 15 is 0 Å². The second-order valence-electron chi connectivity index (χ2n) is 4.80. The lowest BCUT2D eigenvalue weighted by atomic mass is 10.0. The van der Waals surface area contributed by atoms with Gasteiger partial charge in [-0.25, -0.2) is 18.6 Å². The first kappa shape index (κ1) is 13.9. The van der Waals surface area contributed by atoms with Crippen LogP contribution in [0, 0.1) is 11.6 Å². The number of amides is 2. The van der Waals surface area contributed by atoms with Gasteiger partial charge in [-0.15, -0.1) is 11.3 Å². The molecular weight excluding hydrogens is 296 g/mol. The number of halogens is 2. The molecule has 1 aliphatic carbocycles. The number of anilines is 2. The minimum absolute atomic E-state index is 0.200. The number of hydrogen-bond donors (Lipinski definition) is 2. The van der Waals surface area contributed by atoms with Crippen LogP contribution in [0.3, 0.4) is 0 Å². The highest BCUT2D eigenvalue weighted by Crippen LogP contribution is 2.29. The molecule has 4 nitrogen and oxygen atoms in total. The Bertz CT molecular complexity index is 663. The van der Waals surface area contributed by atoms with Gasteiger partial charge < -0.3 is 5.32 Å². The number of urea groups is 1. The van der Waals surface area contributed by atoms with E-state index in [1.54, 1.807) is 0 Å². The number of nitrogens with zero attached hydrogens (tertiary/aromatic N) is 1. The highest BCUT2D eigenvalue weighted by Gasteiger charge is 2.16. The zero-order valence-corrected chi connectivity index (χ0v) is 11.9. The van der Waals surface area contributed by atoms with E-state index in [-0.39, 0.29) is 5.69 Å². The smallest absolute Gasteiger partial charge is 0.305 e. The second-order valence-corrected chi connectivity index (χ2v) is 5.88. The molecule has 1 heterocycles. The van der Waals surface area contributed by atoms with Gasteiger partial charge in [0, 0.05) is 10.9 Å². The van der Waals surface area contributed by atoms with E-state index in [0.717, 1.165) is 49.6 Å². The van der Waals surface area contributed by atoms with Gasteiger partial charge in [0.1, 0.15) is 11.6 Å². The minimum atomic E-state index is -0.690. The van der Waals surface area contributed by atoms with Crippen LogP contribution in [0.15, 0.2) is 18.2 Å². The number of nitrogens with one attached hydrogen (secondary N) is 2. The number of hydrogen-bond acceptors (Lipinski definition) is 3. The number of carbonyl (C=O) groups excluding carboxylic acids is 1. The monoisotopic (exact) mass is 309 g/mol. The normalized spacial score (nSPS) is 13.6. The van der Waals surface area contributed by atoms with Crippen molar-refractivity contribution in [3.8, 4) is 0 Å². The van der Waals surface area contributed by atoms with E-state index in [4.69, 9.17) is 0 Å². The summed E-state index contributed by atoms with van der Waals surface area (Å²) in [6.07, 6.45) is 4.15. The number of rotatable bonds is 2. The van der Waals surface area contributed by atoms with Crippen LogP contribution in [0.25, 0.3) is 0 Å². The third kappa shape index (κ3) is 3.18. The first-order valence-corrected chi connectivity index (χ1v) is 7.45. The Labute approximate surface area is 124 Å². The lowest BCUT2D eigenvalue weighted by molar-refractivity contribution is 0.262.